The van der Waals surface area contributed by atoms with Crippen LogP contribution in [0.25, 0.3) is 0 Å². The lowest BCUT2D eigenvalue weighted by Gasteiger charge is -2.22. The summed E-state index contributed by atoms with van der Waals surface area (Å²) in [6.07, 6.45) is 4.77. The van der Waals surface area contributed by atoms with Crippen LogP contribution in [0.1, 0.15) is 46.7 Å². The maximum Gasteiger partial charge on any atom is 0.274 e. The van der Waals surface area contributed by atoms with Gasteiger partial charge in [0, 0.05) is 37.0 Å². The molecule has 0 bridgehead atoms. The number of H-pyrrole nitrogens is 1. The van der Waals surface area contributed by atoms with Gasteiger partial charge in [-0.2, -0.15) is 5.10 Å². The monoisotopic (exact) mass is 356 g/mol. The Labute approximate surface area is 152 Å². The summed E-state index contributed by atoms with van der Waals surface area (Å²) in [5, 5.41) is 17.7. The van der Waals surface area contributed by atoms with Crippen molar-refractivity contribution in [3.63, 3.8) is 0 Å². The molecule has 0 radical (unpaired) electrons. The van der Waals surface area contributed by atoms with E-state index in [1.807, 2.05) is 19.1 Å². The molecule has 4 rings (SSSR count). The Kier molecular flexibility index (Phi) is 4.63. The largest absolute Gasteiger partial charge is 0.486 e. The van der Waals surface area contributed by atoms with Crippen molar-refractivity contribution in [3.8, 4) is 5.75 Å². The fourth-order valence-electron chi connectivity index (χ4n) is 3.80. The molecule has 26 heavy (non-hydrogen) atoms. The summed E-state index contributed by atoms with van der Waals surface area (Å²) in [4.78, 5) is 18.9. The average Bonchev–Trinajstić information content (AvgIpc) is 3.20. The van der Waals surface area contributed by atoms with Gasteiger partial charge in [-0.25, -0.2) is 0 Å². The molecular formula is C19H24N4O3. The molecule has 1 aliphatic heterocycles. The van der Waals surface area contributed by atoms with Gasteiger partial charge < -0.3 is 14.7 Å². The second-order valence-corrected chi connectivity index (χ2v) is 7.06. The number of nitrogens with zero attached hydrogens (tertiary/aromatic N) is 3. The van der Waals surface area contributed by atoms with Gasteiger partial charge in [-0.3, -0.25) is 14.9 Å². The quantitative estimate of drug-likeness (QED) is 0.872. The molecule has 138 valence electrons. The molecule has 2 aromatic rings. The van der Waals surface area contributed by atoms with E-state index in [-0.39, 0.29) is 12.0 Å². The zero-order chi connectivity index (χ0) is 18.1. The molecule has 1 saturated heterocycles. The molecule has 1 aliphatic carbocycles. The molecular weight excluding hydrogens is 332 g/mol. The minimum atomic E-state index is -0.614. The van der Waals surface area contributed by atoms with Crippen LogP contribution in [0.2, 0.25) is 0 Å². The zero-order valence-electron chi connectivity index (χ0n) is 14.9. The van der Waals surface area contributed by atoms with Crippen molar-refractivity contribution in [2.24, 2.45) is 0 Å². The van der Waals surface area contributed by atoms with Gasteiger partial charge >= 0.3 is 0 Å². The van der Waals surface area contributed by atoms with Gasteiger partial charge in [-0.15, -0.1) is 0 Å². The number of likely N-dealkylation sites (tertiary alicyclic amines) is 1. The van der Waals surface area contributed by atoms with Gasteiger partial charge in [0.2, 0.25) is 0 Å². The van der Waals surface area contributed by atoms with E-state index < -0.39 is 6.10 Å². The summed E-state index contributed by atoms with van der Waals surface area (Å²) in [5.74, 6) is 0.635. The lowest BCUT2D eigenvalue weighted by atomic mass is 10.1. The highest BCUT2D eigenvalue weighted by atomic mass is 16.5. The number of hydrogen-bond donors (Lipinski definition) is 2. The molecule has 0 spiro atoms. The van der Waals surface area contributed by atoms with Crippen molar-refractivity contribution in [2.45, 2.75) is 51.2 Å². The van der Waals surface area contributed by atoms with Gasteiger partial charge in [0.25, 0.3) is 5.91 Å². The first-order valence-electron chi connectivity index (χ1n) is 9.25. The van der Waals surface area contributed by atoms with E-state index in [1.54, 1.807) is 11.1 Å². The third-order valence-electron chi connectivity index (χ3n) is 5.34. The molecule has 2 aromatic heterocycles. The number of aliphatic hydroxyl groups is 1. The van der Waals surface area contributed by atoms with E-state index in [4.69, 9.17) is 4.74 Å². The van der Waals surface area contributed by atoms with Crippen molar-refractivity contribution in [2.75, 3.05) is 13.1 Å². The van der Waals surface area contributed by atoms with Crippen molar-refractivity contribution < 1.29 is 14.6 Å². The number of amides is 1. The molecule has 0 aromatic carbocycles. The fraction of sp³-hybridized carbons (Fsp3) is 0.526. The van der Waals surface area contributed by atoms with Crippen LogP contribution in [0.4, 0.5) is 0 Å². The first kappa shape index (κ1) is 17.0. The first-order valence-corrected chi connectivity index (χ1v) is 9.25. The number of carbonyl (C=O) groups excluding carboxylic acids is 1. The molecule has 2 atom stereocenters. The normalized spacial score (nSPS) is 22.8. The zero-order valence-corrected chi connectivity index (χ0v) is 14.9. The summed E-state index contributed by atoms with van der Waals surface area (Å²) in [6.45, 7) is 2.93. The number of aryl methyl sites for hydroxylation is 2. The van der Waals surface area contributed by atoms with Crippen molar-refractivity contribution in [1.82, 2.24) is 20.1 Å². The van der Waals surface area contributed by atoms with Crippen molar-refractivity contribution in [1.29, 1.82) is 0 Å². The number of ether oxygens (including phenoxy) is 1. The number of carbonyl (C=O) groups is 1. The predicted molar refractivity (Wildman–Crippen MR) is 95.1 cm³/mol. The second kappa shape index (κ2) is 7.07. The van der Waals surface area contributed by atoms with Crippen LogP contribution in [0, 0.1) is 6.92 Å². The Morgan fingerprint density at radius 1 is 1.35 bits per heavy atom. The Bertz CT molecular complexity index is 804. The highest BCUT2D eigenvalue weighted by molar-refractivity contribution is 5.94. The van der Waals surface area contributed by atoms with E-state index >= 15 is 0 Å². The van der Waals surface area contributed by atoms with Crippen LogP contribution in [-0.4, -0.2) is 56.4 Å². The molecule has 2 aliphatic rings. The SMILES string of the molecule is Cc1ncccc1O[C@H]1CCN(C(=O)c2n[nH]c3c2CCC3)CC[C@@H]1O. The van der Waals surface area contributed by atoms with Crippen LogP contribution < -0.4 is 4.74 Å². The minimum absolute atomic E-state index is 0.0465. The Hall–Kier alpha value is -2.41. The number of aliphatic hydroxyl groups excluding tert-OH is 1. The van der Waals surface area contributed by atoms with Gasteiger partial charge in [-0.1, -0.05) is 0 Å². The van der Waals surface area contributed by atoms with Crippen LogP contribution in [0.15, 0.2) is 18.3 Å². The van der Waals surface area contributed by atoms with E-state index in [0.717, 1.165) is 36.2 Å². The smallest absolute Gasteiger partial charge is 0.274 e. The molecule has 3 heterocycles. The van der Waals surface area contributed by atoms with E-state index in [0.29, 0.717) is 37.4 Å². The molecule has 1 amide bonds. The topological polar surface area (TPSA) is 91.3 Å². The first-order chi connectivity index (χ1) is 12.6. The maximum absolute atomic E-state index is 12.9. The van der Waals surface area contributed by atoms with Gasteiger partial charge in [0.15, 0.2) is 5.69 Å². The summed E-state index contributed by atoms with van der Waals surface area (Å²) in [6, 6.07) is 3.68. The lowest BCUT2D eigenvalue weighted by molar-refractivity contribution is 0.0343. The molecule has 7 nitrogen and oxygen atoms in total. The van der Waals surface area contributed by atoms with Crippen molar-refractivity contribution >= 4 is 5.91 Å². The van der Waals surface area contributed by atoms with Crippen LogP contribution in [0.3, 0.4) is 0 Å². The second-order valence-electron chi connectivity index (χ2n) is 7.06. The Morgan fingerprint density at radius 3 is 3.04 bits per heavy atom. The molecule has 0 saturated carbocycles. The highest BCUT2D eigenvalue weighted by Crippen LogP contribution is 2.26. The predicted octanol–water partition coefficient (Wildman–Crippen LogP) is 1.65. The van der Waals surface area contributed by atoms with Gasteiger partial charge in [0.1, 0.15) is 11.9 Å². The van der Waals surface area contributed by atoms with E-state index in [2.05, 4.69) is 15.2 Å². The van der Waals surface area contributed by atoms with Crippen molar-refractivity contribution in [3.05, 3.63) is 41.0 Å². The van der Waals surface area contributed by atoms with E-state index in [1.165, 1.54) is 0 Å². The summed E-state index contributed by atoms with van der Waals surface area (Å²) in [5.41, 5.74) is 3.51. The number of nitrogens with one attached hydrogen (secondary N) is 1. The van der Waals surface area contributed by atoms with Crippen LogP contribution in [0.5, 0.6) is 5.75 Å². The van der Waals surface area contributed by atoms with E-state index in [9.17, 15) is 9.90 Å². The summed E-state index contributed by atoms with van der Waals surface area (Å²) < 4.78 is 6.00. The number of rotatable bonds is 3. The third-order valence-corrected chi connectivity index (χ3v) is 5.34. The number of hydrogen-bond acceptors (Lipinski definition) is 5. The Morgan fingerprint density at radius 2 is 2.19 bits per heavy atom. The lowest BCUT2D eigenvalue weighted by Crippen LogP contribution is -2.33. The Balaban J connectivity index is 1.45. The summed E-state index contributed by atoms with van der Waals surface area (Å²) >= 11 is 0. The number of fused-ring (bicyclic) bond motifs is 1. The standard InChI is InChI=1S/C19H24N4O3/c1-12-16(6-3-9-20-12)26-17-8-11-23(10-7-15(17)24)19(25)18-13-4-2-5-14(13)21-22-18/h3,6,9,15,17,24H,2,4-5,7-8,10-11H2,1H3,(H,21,22)/t15-,17-/m0/s1. The molecule has 7 heteroatoms. The van der Waals surface area contributed by atoms with Crippen LogP contribution in [-0.2, 0) is 12.8 Å². The number of aromatic amines is 1. The fourth-order valence-corrected chi connectivity index (χ4v) is 3.80. The van der Waals surface area contributed by atoms with Crippen LogP contribution >= 0.6 is 0 Å². The maximum atomic E-state index is 12.9. The average molecular weight is 356 g/mol. The van der Waals surface area contributed by atoms with Gasteiger partial charge in [-0.05, 0) is 44.7 Å². The number of pyridine rings is 1. The molecule has 0 unspecified atom stereocenters. The number of aromatic nitrogens is 3. The summed E-state index contributed by atoms with van der Waals surface area (Å²) in [7, 11) is 0. The minimum Gasteiger partial charge on any atom is -0.486 e. The van der Waals surface area contributed by atoms with Gasteiger partial charge in [0.05, 0.1) is 11.8 Å². The third kappa shape index (κ3) is 3.19. The molecule has 2 N–H and O–H groups in total. The molecule has 1 fully saturated rings. The highest BCUT2D eigenvalue weighted by Gasteiger charge is 2.32.